The summed E-state index contributed by atoms with van der Waals surface area (Å²) in [4.78, 5) is 27.0. The lowest BCUT2D eigenvalue weighted by Gasteiger charge is -2.27. The number of nitrogens with zero attached hydrogens (tertiary/aromatic N) is 3. The number of para-hydroxylation sites is 1. The summed E-state index contributed by atoms with van der Waals surface area (Å²) in [5.41, 5.74) is 0.730. The number of aryl methyl sites for hydroxylation is 1. The number of carbonyl (C=O) groups is 2. The second-order valence-corrected chi connectivity index (χ2v) is 7.95. The molecule has 1 N–H and O–H groups in total. The van der Waals surface area contributed by atoms with Crippen LogP contribution in [0.4, 0.5) is 4.79 Å². The van der Waals surface area contributed by atoms with E-state index >= 15 is 0 Å². The van der Waals surface area contributed by atoms with Crippen LogP contribution in [-0.4, -0.2) is 45.0 Å². The second-order valence-electron chi connectivity index (χ2n) is 7.95. The first kappa shape index (κ1) is 18.2. The third-order valence-electron chi connectivity index (χ3n) is 4.41. The van der Waals surface area contributed by atoms with Crippen LogP contribution < -0.4 is 5.32 Å². The summed E-state index contributed by atoms with van der Waals surface area (Å²) in [5.74, 6) is 0.112. The number of amides is 2. The second kappa shape index (κ2) is 6.63. The highest BCUT2D eigenvalue weighted by Gasteiger charge is 2.37. The van der Waals surface area contributed by atoms with E-state index in [1.807, 2.05) is 52.1 Å². The topological polar surface area (TPSA) is 76.5 Å². The summed E-state index contributed by atoms with van der Waals surface area (Å²) in [7, 11) is 1.82. The molecule has 2 heterocycles. The van der Waals surface area contributed by atoms with Crippen LogP contribution in [0.25, 0.3) is 10.9 Å². The number of benzene rings is 1. The van der Waals surface area contributed by atoms with E-state index in [1.165, 1.54) is 0 Å². The molecule has 0 saturated carbocycles. The lowest BCUT2D eigenvalue weighted by Crippen LogP contribution is -2.48. The molecule has 0 aliphatic carbocycles. The molecule has 1 aliphatic rings. The summed E-state index contributed by atoms with van der Waals surface area (Å²) >= 11 is 0. The molecule has 0 radical (unpaired) electrons. The zero-order valence-electron chi connectivity index (χ0n) is 15.9. The van der Waals surface area contributed by atoms with Crippen molar-refractivity contribution in [2.24, 2.45) is 13.0 Å². The maximum atomic E-state index is 13.2. The molecule has 1 aliphatic heterocycles. The molecule has 2 amide bonds. The van der Waals surface area contributed by atoms with Gasteiger partial charge in [-0.1, -0.05) is 25.1 Å². The molecular weight excluding hydrogens is 332 g/mol. The van der Waals surface area contributed by atoms with Gasteiger partial charge in [0.2, 0.25) is 0 Å². The minimum atomic E-state index is -0.583. The van der Waals surface area contributed by atoms with Crippen molar-refractivity contribution < 1.29 is 14.3 Å². The monoisotopic (exact) mass is 358 g/mol. The van der Waals surface area contributed by atoms with Gasteiger partial charge in [0, 0.05) is 19.0 Å². The van der Waals surface area contributed by atoms with Gasteiger partial charge >= 0.3 is 6.09 Å². The number of ether oxygens (including phenoxy) is 1. The molecule has 1 aromatic heterocycles. The van der Waals surface area contributed by atoms with Crippen molar-refractivity contribution in [3.8, 4) is 0 Å². The lowest BCUT2D eigenvalue weighted by atomic mass is 10.1. The molecule has 0 spiro atoms. The minimum Gasteiger partial charge on any atom is -0.444 e. The Hall–Kier alpha value is -2.57. The van der Waals surface area contributed by atoms with E-state index in [0.29, 0.717) is 18.7 Å². The average molecular weight is 358 g/mol. The first-order valence-electron chi connectivity index (χ1n) is 8.88. The molecule has 7 nitrogen and oxygen atoms in total. The van der Waals surface area contributed by atoms with Crippen molar-refractivity contribution >= 4 is 22.9 Å². The smallest absolute Gasteiger partial charge is 0.409 e. The van der Waals surface area contributed by atoms with E-state index < -0.39 is 17.9 Å². The fraction of sp³-hybridized carbons (Fsp3) is 0.526. The standard InChI is InChI=1S/C19H26N4O3/c1-12-10-15(20-18(25)26-19(2,3)4)23(11-12)17(24)16-13-8-6-7-9-14(13)22(5)21-16/h6-9,12,15H,10-11H2,1-5H3,(H,20,25)/t12-,15-/m0/s1. The summed E-state index contributed by atoms with van der Waals surface area (Å²) in [6.45, 7) is 8.07. The summed E-state index contributed by atoms with van der Waals surface area (Å²) in [6, 6.07) is 7.64. The van der Waals surface area contributed by atoms with E-state index in [4.69, 9.17) is 4.74 Å². The molecule has 7 heteroatoms. The number of rotatable bonds is 2. The Morgan fingerprint density at radius 3 is 2.65 bits per heavy atom. The van der Waals surface area contributed by atoms with Crippen molar-refractivity contribution in [1.29, 1.82) is 0 Å². The maximum absolute atomic E-state index is 13.2. The van der Waals surface area contributed by atoms with Crippen molar-refractivity contribution in [1.82, 2.24) is 20.0 Å². The van der Waals surface area contributed by atoms with Crippen LogP contribution >= 0.6 is 0 Å². The van der Waals surface area contributed by atoms with Gasteiger partial charge < -0.3 is 15.0 Å². The number of fused-ring (bicyclic) bond motifs is 1. The molecule has 140 valence electrons. The zero-order valence-corrected chi connectivity index (χ0v) is 15.9. The van der Waals surface area contributed by atoms with Crippen LogP contribution in [0.2, 0.25) is 0 Å². The molecule has 26 heavy (non-hydrogen) atoms. The Morgan fingerprint density at radius 2 is 1.96 bits per heavy atom. The summed E-state index contributed by atoms with van der Waals surface area (Å²) in [5, 5.41) is 8.06. The lowest BCUT2D eigenvalue weighted by molar-refractivity contribution is 0.0432. The minimum absolute atomic E-state index is 0.174. The molecule has 1 fully saturated rings. The van der Waals surface area contributed by atoms with Crippen molar-refractivity contribution in [3.05, 3.63) is 30.0 Å². The number of carbonyl (C=O) groups excluding carboxylic acids is 2. The molecule has 2 atom stereocenters. The van der Waals surface area contributed by atoms with E-state index in [-0.39, 0.29) is 11.8 Å². The molecule has 3 rings (SSSR count). The van der Waals surface area contributed by atoms with Crippen LogP contribution in [0.3, 0.4) is 0 Å². The number of alkyl carbamates (subject to hydrolysis) is 1. The molecular formula is C19H26N4O3. The van der Waals surface area contributed by atoms with Gasteiger partial charge in [-0.25, -0.2) is 4.79 Å². The van der Waals surface area contributed by atoms with E-state index in [0.717, 1.165) is 10.9 Å². The summed E-state index contributed by atoms with van der Waals surface area (Å²) in [6.07, 6.45) is -0.219. The van der Waals surface area contributed by atoms with Gasteiger partial charge in [0.05, 0.1) is 5.52 Å². The number of nitrogens with one attached hydrogen (secondary N) is 1. The Bertz CT molecular complexity index is 837. The zero-order chi connectivity index (χ0) is 19.1. The summed E-state index contributed by atoms with van der Waals surface area (Å²) < 4.78 is 7.04. The fourth-order valence-corrected chi connectivity index (χ4v) is 3.36. The highest BCUT2D eigenvalue weighted by Crippen LogP contribution is 2.26. The van der Waals surface area contributed by atoms with E-state index in [9.17, 15) is 9.59 Å². The first-order valence-corrected chi connectivity index (χ1v) is 8.88. The van der Waals surface area contributed by atoms with Crippen LogP contribution in [-0.2, 0) is 11.8 Å². The Morgan fingerprint density at radius 1 is 1.27 bits per heavy atom. The Labute approximate surface area is 153 Å². The van der Waals surface area contributed by atoms with Crippen molar-refractivity contribution in [3.63, 3.8) is 0 Å². The third kappa shape index (κ3) is 3.66. The van der Waals surface area contributed by atoms with Crippen LogP contribution in [0.5, 0.6) is 0 Å². The van der Waals surface area contributed by atoms with Gasteiger partial charge in [0.15, 0.2) is 5.69 Å². The highest BCUT2D eigenvalue weighted by molar-refractivity contribution is 6.05. The molecule has 2 aromatic rings. The van der Waals surface area contributed by atoms with Gasteiger partial charge in [0.25, 0.3) is 5.91 Å². The normalized spacial score (nSPS) is 20.4. The Balaban J connectivity index is 1.83. The van der Waals surface area contributed by atoms with Gasteiger partial charge in [-0.05, 0) is 39.2 Å². The number of hydrogen-bond acceptors (Lipinski definition) is 4. The largest absolute Gasteiger partial charge is 0.444 e. The quantitative estimate of drug-likeness (QED) is 0.895. The Kier molecular flexibility index (Phi) is 4.64. The third-order valence-corrected chi connectivity index (χ3v) is 4.41. The SMILES string of the molecule is C[C@H]1C[C@@H](NC(=O)OC(C)(C)C)N(C(=O)c2nn(C)c3ccccc23)C1. The van der Waals surface area contributed by atoms with E-state index in [2.05, 4.69) is 17.3 Å². The molecule has 1 aromatic carbocycles. The van der Waals surface area contributed by atoms with Gasteiger partial charge in [-0.3, -0.25) is 9.48 Å². The van der Waals surface area contributed by atoms with Gasteiger partial charge in [-0.2, -0.15) is 5.10 Å². The maximum Gasteiger partial charge on any atom is 0.409 e. The van der Waals surface area contributed by atoms with Gasteiger partial charge in [0.1, 0.15) is 11.8 Å². The molecule has 0 bridgehead atoms. The number of aromatic nitrogens is 2. The average Bonchev–Trinajstić information content (AvgIpc) is 3.06. The van der Waals surface area contributed by atoms with Gasteiger partial charge in [-0.15, -0.1) is 0 Å². The first-order chi connectivity index (χ1) is 12.2. The van der Waals surface area contributed by atoms with Crippen molar-refractivity contribution in [2.45, 2.75) is 45.9 Å². The van der Waals surface area contributed by atoms with Crippen LogP contribution in [0.15, 0.2) is 24.3 Å². The fourth-order valence-electron chi connectivity index (χ4n) is 3.36. The predicted octanol–water partition coefficient (Wildman–Crippen LogP) is 2.91. The van der Waals surface area contributed by atoms with Crippen LogP contribution in [0.1, 0.15) is 44.6 Å². The molecule has 0 unspecified atom stereocenters. The predicted molar refractivity (Wildman–Crippen MR) is 98.7 cm³/mol. The highest BCUT2D eigenvalue weighted by atomic mass is 16.6. The number of hydrogen-bond donors (Lipinski definition) is 1. The van der Waals surface area contributed by atoms with Crippen molar-refractivity contribution in [2.75, 3.05) is 6.54 Å². The number of likely N-dealkylation sites (tertiary alicyclic amines) is 1. The van der Waals surface area contributed by atoms with Crippen LogP contribution in [0, 0.1) is 5.92 Å². The molecule has 1 saturated heterocycles. The van der Waals surface area contributed by atoms with E-state index in [1.54, 1.807) is 9.58 Å².